The zero-order valence-electron chi connectivity index (χ0n) is 19.2. The molecule has 0 saturated carbocycles. The molecule has 3 aromatic rings. The first-order valence-electron chi connectivity index (χ1n) is 11.6. The highest BCUT2D eigenvalue weighted by atomic mass is 35.5. The normalized spacial score (nSPS) is 17.0. The number of carbonyl (C=O) groups excluding carboxylic acids is 1. The fourth-order valence-corrected chi connectivity index (χ4v) is 6.12. The minimum absolute atomic E-state index is 0.0882. The number of aliphatic hydroxyl groups is 1. The van der Waals surface area contributed by atoms with Crippen LogP contribution in [0.15, 0.2) is 48.5 Å². The van der Waals surface area contributed by atoms with Crippen molar-refractivity contribution in [1.29, 1.82) is 0 Å². The lowest BCUT2D eigenvalue weighted by Crippen LogP contribution is -2.33. The lowest BCUT2D eigenvalue weighted by atomic mass is 10.0. The predicted octanol–water partition coefficient (Wildman–Crippen LogP) is 5.38. The van der Waals surface area contributed by atoms with Gasteiger partial charge in [-0.2, -0.15) is 0 Å². The number of nitrogens with zero attached hydrogens (tertiary/aromatic N) is 1. The second-order valence-corrected chi connectivity index (χ2v) is 10.9. The van der Waals surface area contributed by atoms with Crippen LogP contribution in [0.4, 0.5) is 0 Å². The Bertz CT molecular complexity index is 1140. The Kier molecular flexibility index (Phi) is 9.36. The Labute approximate surface area is 214 Å². The van der Waals surface area contributed by atoms with Crippen LogP contribution >= 0.6 is 31.5 Å². The zero-order valence-corrected chi connectivity index (χ0v) is 21.6. The molecular formula is C25H29ClNO6PS. The second-order valence-electron chi connectivity index (χ2n) is 8.61. The van der Waals surface area contributed by atoms with Gasteiger partial charge in [0.25, 0.3) is 0 Å². The molecule has 188 valence electrons. The highest BCUT2D eigenvalue weighted by Crippen LogP contribution is 2.36. The van der Waals surface area contributed by atoms with Gasteiger partial charge in [-0.1, -0.05) is 41.9 Å². The van der Waals surface area contributed by atoms with Gasteiger partial charge in [0.2, 0.25) is 5.91 Å². The van der Waals surface area contributed by atoms with E-state index in [1.165, 1.54) is 0 Å². The van der Waals surface area contributed by atoms with E-state index >= 15 is 0 Å². The SMILES string of the molecule is O=C1CC[C@H](CCC(O)CCc2sc3ccccc3c2Cl)N1Cc1cccc(OCOP(O)O)c1. The summed E-state index contributed by atoms with van der Waals surface area (Å²) in [6, 6.07) is 15.5. The quantitative estimate of drug-likeness (QED) is 0.212. The van der Waals surface area contributed by atoms with Gasteiger partial charge < -0.3 is 24.5 Å². The van der Waals surface area contributed by atoms with Crippen LogP contribution in [0.5, 0.6) is 5.75 Å². The van der Waals surface area contributed by atoms with E-state index in [9.17, 15) is 9.90 Å². The van der Waals surface area contributed by atoms with Gasteiger partial charge in [-0.3, -0.25) is 9.32 Å². The van der Waals surface area contributed by atoms with Crippen LogP contribution in [-0.4, -0.2) is 44.6 Å². The number of thiophene rings is 1. The number of hydrogen-bond acceptors (Lipinski definition) is 7. The van der Waals surface area contributed by atoms with Crippen molar-refractivity contribution >= 4 is 47.5 Å². The van der Waals surface area contributed by atoms with Gasteiger partial charge in [-0.25, -0.2) is 0 Å². The predicted molar refractivity (Wildman–Crippen MR) is 138 cm³/mol. The first-order valence-corrected chi connectivity index (χ1v) is 13.9. The minimum Gasteiger partial charge on any atom is -0.467 e. The van der Waals surface area contributed by atoms with Gasteiger partial charge in [-0.05, 0) is 55.9 Å². The van der Waals surface area contributed by atoms with Crippen LogP contribution in [0.2, 0.25) is 5.02 Å². The van der Waals surface area contributed by atoms with Gasteiger partial charge in [-0.15, -0.1) is 11.3 Å². The molecule has 1 fully saturated rings. The smallest absolute Gasteiger partial charge is 0.330 e. The molecule has 1 aromatic heterocycles. The second kappa shape index (κ2) is 12.5. The number of ether oxygens (including phenoxy) is 1. The number of aryl methyl sites for hydroxylation is 1. The molecule has 2 aromatic carbocycles. The standard InChI is InChI=1S/C25H29ClNO6PS/c26-25-21-6-1-2-7-22(21)35-23(25)12-11-19(28)10-8-18-9-13-24(29)27(18)15-17-4-3-5-20(14-17)32-16-33-34(30)31/h1-7,14,18-19,28,30-31H,8-13,15-16H2/t18-,19?/m0/s1. The number of amides is 1. The maximum absolute atomic E-state index is 12.5. The summed E-state index contributed by atoms with van der Waals surface area (Å²) < 4.78 is 11.2. The summed E-state index contributed by atoms with van der Waals surface area (Å²) in [5.74, 6) is 0.639. The largest absolute Gasteiger partial charge is 0.467 e. The van der Waals surface area contributed by atoms with E-state index in [0.717, 1.165) is 44.8 Å². The number of likely N-dealkylation sites (tertiary alicyclic amines) is 1. The Morgan fingerprint density at radius 1 is 1.17 bits per heavy atom. The van der Waals surface area contributed by atoms with Crippen LogP contribution in [0.1, 0.15) is 42.5 Å². The molecule has 1 unspecified atom stereocenters. The molecule has 1 aliphatic rings. The van der Waals surface area contributed by atoms with Crippen molar-refractivity contribution < 1.29 is 28.9 Å². The maximum atomic E-state index is 12.5. The number of carbonyl (C=O) groups is 1. The van der Waals surface area contributed by atoms with Crippen LogP contribution < -0.4 is 4.74 Å². The molecule has 10 heteroatoms. The summed E-state index contributed by atoms with van der Waals surface area (Å²) in [5, 5.41) is 12.5. The molecule has 1 aliphatic heterocycles. The average Bonchev–Trinajstić information content (AvgIpc) is 3.35. The number of benzene rings is 2. The van der Waals surface area contributed by atoms with E-state index in [2.05, 4.69) is 10.6 Å². The average molecular weight is 538 g/mol. The molecule has 35 heavy (non-hydrogen) atoms. The number of hydrogen-bond donors (Lipinski definition) is 3. The van der Waals surface area contributed by atoms with Crippen molar-refractivity contribution in [1.82, 2.24) is 4.90 Å². The first kappa shape index (κ1) is 26.3. The van der Waals surface area contributed by atoms with Crippen LogP contribution in [-0.2, 0) is 22.3 Å². The van der Waals surface area contributed by atoms with Gasteiger partial charge in [0.15, 0.2) is 6.79 Å². The molecule has 0 spiro atoms. The molecule has 0 bridgehead atoms. The summed E-state index contributed by atoms with van der Waals surface area (Å²) >= 11 is 8.21. The van der Waals surface area contributed by atoms with Crippen LogP contribution in [0, 0.1) is 0 Å². The maximum Gasteiger partial charge on any atom is 0.330 e. The Morgan fingerprint density at radius 2 is 2.00 bits per heavy atom. The molecule has 3 N–H and O–H groups in total. The summed E-state index contributed by atoms with van der Waals surface area (Å²) in [5.41, 5.74) is 0.915. The van der Waals surface area contributed by atoms with Gasteiger partial charge >= 0.3 is 8.60 Å². The van der Waals surface area contributed by atoms with Crippen molar-refractivity contribution in [3.05, 3.63) is 64.0 Å². The number of aliphatic hydroxyl groups excluding tert-OH is 1. The third kappa shape index (κ3) is 7.14. The Hall–Kier alpha value is -1.77. The van der Waals surface area contributed by atoms with Gasteiger partial charge in [0, 0.05) is 34.0 Å². The molecule has 2 atom stereocenters. The van der Waals surface area contributed by atoms with E-state index in [4.69, 9.17) is 26.1 Å². The molecule has 0 radical (unpaired) electrons. The highest BCUT2D eigenvalue weighted by Gasteiger charge is 2.31. The van der Waals surface area contributed by atoms with E-state index in [1.807, 2.05) is 41.3 Å². The lowest BCUT2D eigenvalue weighted by molar-refractivity contribution is -0.129. The number of rotatable bonds is 12. The van der Waals surface area contributed by atoms with Crippen LogP contribution in [0.25, 0.3) is 10.1 Å². The minimum atomic E-state index is -2.46. The van der Waals surface area contributed by atoms with Crippen molar-refractivity contribution in [2.75, 3.05) is 6.79 Å². The zero-order chi connectivity index (χ0) is 24.8. The van der Waals surface area contributed by atoms with Gasteiger partial charge in [0.05, 0.1) is 11.1 Å². The Balaban J connectivity index is 1.28. The summed E-state index contributed by atoms with van der Waals surface area (Å²) in [7, 11) is -2.46. The summed E-state index contributed by atoms with van der Waals surface area (Å²) in [6.45, 7) is 0.194. The third-order valence-electron chi connectivity index (χ3n) is 6.24. The Morgan fingerprint density at radius 3 is 2.80 bits per heavy atom. The monoisotopic (exact) mass is 537 g/mol. The third-order valence-corrected chi connectivity index (χ3v) is 8.35. The van der Waals surface area contributed by atoms with Crippen molar-refractivity contribution in [2.24, 2.45) is 0 Å². The molecule has 1 saturated heterocycles. The summed E-state index contributed by atoms with van der Waals surface area (Å²) in [6.07, 6.45) is 3.59. The van der Waals surface area contributed by atoms with E-state index in [-0.39, 0.29) is 18.7 Å². The molecule has 0 aliphatic carbocycles. The highest BCUT2D eigenvalue weighted by molar-refractivity contribution is 7.39. The summed E-state index contributed by atoms with van der Waals surface area (Å²) in [4.78, 5) is 33.1. The topological polar surface area (TPSA) is 99.5 Å². The van der Waals surface area contributed by atoms with E-state index in [1.54, 1.807) is 17.4 Å². The first-order chi connectivity index (χ1) is 16.9. The van der Waals surface area contributed by atoms with Crippen molar-refractivity contribution in [3.63, 3.8) is 0 Å². The fourth-order valence-electron chi connectivity index (χ4n) is 4.43. The number of fused-ring (bicyclic) bond motifs is 1. The molecule has 7 nitrogen and oxygen atoms in total. The van der Waals surface area contributed by atoms with Crippen molar-refractivity contribution in [2.45, 2.75) is 57.2 Å². The van der Waals surface area contributed by atoms with Crippen LogP contribution in [0.3, 0.4) is 0 Å². The lowest BCUT2D eigenvalue weighted by Gasteiger charge is -2.26. The molecule has 4 rings (SSSR count). The van der Waals surface area contributed by atoms with Gasteiger partial charge in [0.1, 0.15) is 5.75 Å². The van der Waals surface area contributed by atoms with E-state index in [0.29, 0.717) is 31.6 Å². The van der Waals surface area contributed by atoms with Crippen molar-refractivity contribution in [3.8, 4) is 5.75 Å². The van der Waals surface area contributed by atoms with E-state index < -0.39 is 14.7 Å². The molecule has 1 amide bonds. The number of halogens is 1. The fraction of sp³-hybridized carbons (Fsp3) is 0.400. The molecular weight excluding hydrogens is 509 g/mol. The molecule has 2 heterocycles.